The van der Waals surface area contributed by atoms with Gasteiger partial charge in [0.15, 0.2) is 0 Å². The largest absolute Gasteiger partial charge is 0.492 e. The Labute approximate surface area is 126 Å². The second-order valence-corrected chi connectivity index (χ2v) is 5.93. The zero-order valence-corrected chi connectivity index (χ0v) is 13.3. The lowest BCUT2D eigenvalue weighted by Crippen LogP contribution is -2.05. The van der Waals surface area contributed by atoms with Crippen molar-refractivity contribution in [1.82, 2.24) is 0 Å². The Morgan fingerprint density at radius 2 is 1.76 bits per heavy atom. The minimum absolute atomic E-state index is 0.441. The second kappa shape index (κ2) is 7.73. The first-order chi connectivity index (χ1) is 8.04. The summed E-state index contributed by atoms with van der Waals surface area (Å²) in [5.74, 6) is 1.21. The van der Waals surface area contributed by atoms with E-state index < -0.39 is 0 Å². The molecule has 0 amide bonds. The summed E-state index contributed by atoms with van der Waals surface area (Å²) in [5, 5.41) is 2.41. The summed E-state index contributed by atoms with van der Waals surface area (Å²) >= 11 is 21.2. The Morgan fingerprint density at radius 1 is 1.12 bits per heavy atom. The molecule has 0 saturated carbocycles. The van der Waals surface area contributed by atoms with Gasteiger partial charge in [0.2, 0.25) is 0 Å². The third-order valence-corrected chi connectivity index (χ3v) is 3.92. The number of rotatable bonds is 6. The number of benzene rings is 1. The van der Waals surface area contributed by atoms with Crippen molar-refractivity contribution >= 4 is 50.7 Å². The molecule has 0 N–H and O–H groups in total. The number of halogens is 4. The van der Waals surface area contributed by atoms with Gasteiger partial charge in [-0.15, -0.1) is 0 Å². The van der Waals surface area contributed by atoms with E-state index in [1.54, 1.807) is 12.1 Å². The fourth-order valence-electron chi connectivity index (χ4n) is 1.32. The Balaban J connectivity index is 2.49. The average Bonchev–Trinajstić information content (AvgIpc) is 2.26. The van der Waals surface area contributed by atoms with Crippen molar-refractivity contribution in [3.63, 3.8) is 0 Å². The molecule has 1 aromatic carbocycles. The van der Waals surface area contributed by atoms with Crippen LogP contribution in [0.25, 0.3) is 0 Å². The maximum absolute atomic E-state index is 6.00. The van der Waals surface area contributed by atoms with Gasteiger partial charge in [-0.3, -0.25) is 0 Å². The summed E-state index contributed by atoms with van der Waals surface area (Å²) in [5.41, 5.74) is 0. The lowest BCUT2D eigenvalue weighted by molar-refractivity contribution is 0.282. The highest BCUT2D eigenvalue weighted by molar-refractivity contribution is 9.09. The third kappa shape index (κ3) is 5.25. The molecule has 1 unspecified atom stereocenters. The van der Waals surface area contributed by atoms with E-state index >= 15 is 0 Å². The summed E-state index contributed by atoms with van der Waals surface area (Å²) < 4.78 is 5.60. The SMILES string of the molecule is CC(CCBr)CCOc1cc(Cl)c(Cl)cc1Cl. The monoisotopic (exact) mass is 358 g/mol. The molecule has 1 atom stereocenters. The molecule has 0 aliphatic heterocycles. The molecule has 5 heteroatoms. The molecule has 1 nitrogen and oxygen atoms in total. The topological polar surface area (TPSA) is 9.23 Å². The Kier molecular flexibility index (Phi) is 7.01. The molecule has 0 fully saturated rings. The van der Waals surface area contributed by atoms with Gasteiger partial charge in [-0.1, -0.05) is 57.7 Å². The summed E-state index contributed by atoms with van der Waals surface area (Å²) in [6.45, 7) is 2.83. The molecule has 96 valence electrons. The van der Waals surface area contributed by atoms with Gasteiger partial charge >= 0.3 is 0 Å². The first-order valence-corrected chi connectivity index (χ1v) is 7.63. The van der Waals surface area contributed by atoms with Gasteiger partial charge in [-0.25, -0.2) is 0 Å². The van der Waals surface area contributed by atoms with Crippen LogP contribution in [0.15, 0.2) is 12.1 Å². The molecule has 17 heavy (non-hydrogen) atoms. The highest BCUT2D eigenvalue weighted by Gasteiger charge is 2.08. The molecular formula is C12H14BrCl3O. The van der Waals surface area contributed by atoms with Crippen molar-refractivity contribution in [2.45, 2.75) is 19.8 Å². The lowest BCUT2D eigenvalue weighted by Gasteiger charge is -2.12. The predicted molar refractivity (Wildman–Crippen MR) is 79.2 cm³/mol. The van der Waals surface area contributed by atoms with Gasteiger partial charge in [0.25, 0.3) is 0 Å². The Bertz CT molecular complexity index is 371. The Hall–Kier alpha value is 0.370. The van der Waals surface area contributed by atoms with E-state index in [0.29, 0.717) is 33.3 Å². The standard InChI is InChI=1S/C12H14BrCl3O/c1-8(2-4-13)3-5-17-12-7-10(15)9(14)6-11(12)16/h6-8H,2-5H2,1H3. The second-order valence-electron chi connectivity index (χ2n) is 3.92. The maximum Gasteiger partial charge on any atom is 0.139 e. The van der Waals surface area contributed by atoms with E-state index in [0.717, 1.165) is 18.2 Å². The highest BCUT2D eigenvalue weighted by atomic mass is 79.9. The lowest BCUT2D eigenvalue weighted by atomic mass is 10.1. The van der Waals surface area contributed by atoms with Crippen LogP contribution in [0.3, 0.4) is 0 Å². The zero-order valence-electron chi connectivity index (χ0n) is 9.48. The molecule has 0 spiro atoms. The first-order valence-electron chi connectivity index (χ1n) is 5.38. The van der Waals surface area contributed by atoms with Crippen LogP contribution in [0.5, 0.6) is 5.75 Å². The highest BCUT2D eigenvalue weighted by Crippen LogP contribution is 2.33. The van der Waals surface area contributed by atoms with Crippen molar-refractivity contribution in [1.29, 1.82) is 0 Å². The van der Waals surface area contributed by atoms with Gasteiger partial charge in [-0.2, -0.15) is 0 Å². The third-order valence-electron chi connectivity index (χ3n) is 2.44. The van der Waals surface area contributed by atoms with Gasteiger partial charge in [0.05, 0.1) is 21.7 Å². The minimum atomic E-state index is 0.441. The number of hydrogen-bond donors (Lipinski definition) is 0. The molecule has 0 bridgehead atoms. The molecule has 1 rings (SSSR count). The van der Waals surface area contributed by atoms with Gasteiger partial charge < -0.3 is 4.74 Å². The molecule has 0 radical (unpaired) electrons. The van der Waals surface area contributed by atoms with Crippen molar-refractivity contribution in [2.24, 2.45) is 5.92 Å². The van der Waals surface area contributed by atoms with Crippen LogP contribution in [0.4, 0.5) is 0 Å². The van der Waals surface area contributed by atoms with Crippen LogP contribution < -0.4 is 4.74 Å². The number of ether oxygens (including phenoxy) is 1. The van der Waals surface area contributed by atoms with E-state index in [2.05, 4.69) is 22.9 Å². The van der Waals surface area contributed by atoms with Crippen LogP contribution in [0, 0.1) is 5.92 Å². The molecule has 0 aliphatic carbocycles. The van der Waals surface area contributed by atoms with Crippen molar-refractivity contribution < 1.29 is 4.74 Å². The van der Waals surface area contributed by atoms with Gasteiger partial charge in [0, 0.05) is 11.4 Å². The van der Waals surface area contributed by atoms with Gasteiger partial charge in [-0.05, 0) is 24.8 Å². The van der Waals surface area contributed by atoms with Crippen LogP contribution in [0.2, 0.25) is 15.1 Å². The summed E-state index contributed by atoms with van der Waals surface area (Å²) in [4.78, 5) is 0. The summed E-state index contributed by atoms with van der Waals surface area (Å²) in [6.07, 6.45) is 2.13. The van der Waals surface area contributed by atoms with E-state index in [4.69, 9.17) is 39.5 Å². The normalized spacial score (nSPS) is 12.5. The van der Waals surface area contributed by atoms with E-state index in [1.165, 1.54) is 0 Å². The van der Waals surface area contributed by atoms with E-state index in [-0.39, 0.29) is 0 Å². The van der Waals surface area contributed by atoms with E-state index in [9.17, 15) is 0 Å². The smallest absolute Gasteiger partial charge is 0.139 e. The summed E-state index contributed by atoms with van der Waals surface area (Å²) in [7, 11) is 0. The summed E-state index contributed by atoms with van der Waals surface area (Å²) in [6, 6.07) is 3.25. The van der Waals surface area contributed by atoms with Crippen molar-refractivity contribution in [2.75, 3.05) is 11.9 Å². The van der Waals surface area contributed by atoms with Gasteiger partial charge in [0.1, 0.15) is 5.75 Å². The molecule has 0 aliphatic rings. The van der Waals surface area contributed by atoms with Crippen molar-refractivity contribution in [3.8, 4) is 5.75 Å². The van der Waals surface area contributed by atoms with Crippen LogP contribution in [-0.2, 0) is 0 Å². The first kappa shape index (κ1) is 15.4. The maximum atomic E-state index is 6.00. The minimum Gasteiger partial charge on any atom is -0.492 e. The molecule has 1 aromatic rings. The molecule has 0 aromatic heterocycles. The average molecular weight is 361 g/mol. The van der Waals surface area contributed by atoms with Crippen LogP contribution >= 0.6 is 50.7 Å². The zero-order chi connectivity index (χ0) is 12.8. The Morgan fingerprint density at radius 3 is 2.41 bits per heavy atom. The molecule has 0 heterocycles. The fourth-order valence-corrected chi connectivity index (χ4v) is 2.69. The molecule has 0 saturated heterocycles. The number of hydrogen-bond acceptors (Lipinski definition) is 1. The fraction of sp³-hybridized carbons (Fsp3) is 0.500. The van der Waals surface area contributed by atoms with Crippen LogP contribution in [-0.4, -0.2) is 11.9 Å². The van der Waals surface area contributed by atoms with Crippen LogP contribution in [0.1, 0.15) is 19.8 Å². The molecular weight excluding hydrogens is 346 g/mol. The quantitative estimate of drug-likeness (QED) is 0.458. The predicted octanol–water partition coefficient (Wildman–Crippen LogP) is 5.84. The van der Waals surface area contributed by atoms with Crippen molar-refractivity contribution in [3.05, 3.63) is 27.2 Å². The number of alkyl halides is 1. The van der Waals surface area contributed by atoms with E-state index in [1.807, 2.05) is 0 Å².